The van der Waals surface area contributed by atoms with Crippen molar-refractivity contribution in [3.63, 3.8) is 0 Å². The van der Waals surface area contributed by atoms with Crippen LogP contribution in [0.2, 0.25) is 0 Å². The van der Waals surface area contributed by atoms with E-state index < -0.39 is 0 Å². The molecule has 1 heteroatoms. The van der Waals surface area contributed by atoms with Gasteiger partial charge >= 0.3 is 0 Å². The van der Waals surface area contributed by atoms with E-state index in [1.165, 1.54) is 110 Å². The molecule has 0 unspecified atom stereocenters. The van der Waals surface area contributed by atoms with Gasteiger partial charge in [0, 0.05) is 0 Å². The fourth-order valence-corrected chi connectivity index (χ4v) is 3.09. The third kappa shape index (κ3) is 16.2. The molecule has 0 rings (SSSR count). The highest BCUT2D eigenvalue weighted by atomic mass is 15.1. The molecular weight excluding hydrogens is 254 g/mol. The third-order valence-electron chi connectivity index (χ3n) is 4.65. The van der Waals surface area contributed by atoms with Crippen LogP contribution in [-0.4, -0.2) is 19.6 Å². The summed E-state index contributed by atoms with van der Waals surface area (Å²) in [6.07, 6.45) is 20.1. The van der Waals surface area contributed by atoms with E-state index in [-0.39, 0.29) is 0 Å². The normalized spacial score (nSPS) is 11.4. The smallest absolute Gasteiger partial charge is 0.0770 e. The van der Waals surface area contributed by atoms with E-state index in [0.717, 1.165) is 0 Å². The first-order valence-corrected chi connectivity index (χ1v) is 10.2. The zero-order valence-electron chi connectivity index (χ0n) is 15.5. The van der Waals surface area contributed by atoms with Gasteiger partial charge in [0.2, 0.25) is 0 Å². The minimum Gasteiger partial charge on any atom is -0.335 e. The Balaban J connectivity index is 3.35. The first-order chi connectivity index (χ1) is 10.3. The van der Waals surface area contributed by atoms with Crippen LogP contribution in [-0.2, 0) is 0 Å². The SMILES string of the molecule is CCCCCCCCCCCC[NH+](CCCC)CCCC. The van der Waals surface area contributed by atoms with Crippen LogP contribution in [0.3, 0.4) is 0 Å². The number of hydrogen-bond donors (Lipinski definition) is 1. The van der Waals surface area contributed by atoms with Crippen LogP contribution in [0.15, 0.2) is 0 Å². The number of unbranched alkanes of at least 4 members (excludes halogenated alkanes) is 11. The summed E-state index contributed by atoms with van der Waals surface area (Å²) >= 11 is 0. The number of hydrogen-bond acceptors (Lipinski definition) is 0. The maximum absolute atomic E-state index is 2.32. The maximum Gasteiger partial charge on any atom is 0.0770 e. The van der Waals surface area contributed by atoms with Gasteiger partial charge in [0.1, 0.15) is 0 Å². The minimum atomic E-state index is 1.35. The lowest BCUT2D eigenvalue weighted by Crippen LogP contribution is -3.12. The lowest BCUT2D eigenvalue weighted by atomic mass is 10.1. The zero-order chi connectivity index (χ0) is 15.6. The van der Waals surface area contributed by atoms with E-state index in [4.69, 9.17) is 0 Å². The van der Waals surface area contributed by atoms with E-state index in [2.05, 4.69) is 20.8 Å². The molecule has 128 valence electrons. The highest BCUT2D eigenvalue weighted by Gasteiger charge is 2.06. The fraction of sp³-hybridized carbons (Fsp3) is 1.00. The van der Waals surface area contributed by atoms with E-state index >= 15 is 0 Å². The highest BCUT2D eigenvalue weighted by Crippen LogP contribution is 2.10. The number of nitrogens with one attached hydrogen (secondary N) is 1. The Morgan fingerprint density at radius 1 is 0.381 bits per heavy atom. The molecular formula is C20H44N+. The summed E-state index contributed by atoms with van der Waals surface area (Å²) in [5.41, 5.74) is 0. The Bertz CT molecular complexity index is 171. The monoisotopic (exact) mass is 298 g/mol. The van der Waals surface area contributed by atoms with Crippen molar-refractivity contribution in [2.24, 2.45) is 0 Å². The lowest BCUT2D eigenvalue weighted by molar-refractivity contribution is -0.900. The predicted molar refractivity (Wildman–Crippen MR) is 97.2 cm³/mol. The topological polar surface area (TPSA) is 4.44 Å². The van der Waals surface area contributed by atoms with Gasteiger partial charge in [-0.3, -0.25) is 0 Å². The Hall–Kier alpha value is -0.0400. The molecule has 21 heavy (non-hydrogen) atoms. The molecule has 0 aliphatic rings. The molecule has 0 aromatic rings. The summed E-state index contributed by atoms with van der Waals surface area (Å²) in [7, 11) is 0. The van der Waals surface area contributed by atoms with Crippen molar-refractivity contribution in [2.75, 3.05) is 19.6 Å². The molecule has 0 aromatic carbocycles. The quantitative estimate of drug-likeness (QED) is 0.343. The highest BCUT2D eigenvalue weighted by molar-refractivity contribution is 4.47. The lowest BCUT2D eigenvalue weighted by Gasteiger charge is -2.19. The van der Waals surface area contributed by atoms with Gasteiger partial charge in [-0.1, -0.05) is 85.0 Å². The van der Waals surface area contributed by atoms with E-state index in [9.17, 15) is 0 Å². The van der Waals surface area contributed by atoms with Crippen molar-refractivity contribution in [1.29, 1.82) is 0 Å². The molecule has 0 fully saturated rings. The summed E-state index contributed by atoms with van der Waals surface area (Å²) in [5, 5.41) is 0. The maximum atomic E-state index is 2.32. The fourth-order valence-electron chi connectivity index (χ4n) is 3.09. The van der Waals surface area contributed by atoms with Gasteiger partial charge in [0.15, 0.2) is 0 Å². The second-order valence-corrected chi connectivity index (χ2v) is 6.89. The van der Waals surface area contributed by atoms with Crippen LogP contribution in [0.5, 0.6) is 0 Å². The Kier molecular flexibility index (Phi) is 18.0. The molecule has 0 saturated carbocycles. The standard InChI is InChI=1S/C20H43N/c1-4-7-10-11-12-13-14-15-16-17-20-21(18-8-5-2)19-9-6-3/h4-20H2,1-3H3/p+1. The van der Waals surface area contributed by atoms with E-state index in [1.54, 1.807) is 0 Å². The van der Waals surface area contributed by atoms with Crippen LogP contribution >= 0.6 is 0 Å². The van der Waals surface area contributed by atoms with Gasteiger partial charge in [0.05, 0.1) is 19.6 Å². The second kappa shape index (κ2) is 18.0. The minimum absolute atomic E-state index is 1.35. The molecule has 1 N–H and O–H groups in total. The first kappa shape index (κ1) is 21.0. The van der Waals surface area contributed by atoms with Crippen molar-refractivity contribution in [3.05, 3.63) is 0 Å². The molecule has 0 bridgehead atoms. The molecule has 0 heterocycles. The molecule has 0 radical (unpaired) electrons. The largest absolute Gasteiger partial charge is 0.335 e. The average molecular weight is 299 g/mol. The Morgan fingerprint density at radius 3 is 1.14 bits per heavy atom. The van der Waals surface area contributed by atoms with E-state index in [1.807, 2.05) is 4.90 Å². The second-order valence-electron chi connectivity index (χ2n) is 6.89. The summed E-state index contributed by atoms with van der Waals surface area (Å²) in [5.74, 6) is 0. The van der Waals surface area contributed by atoms with Gasteiger partial charge in [-0.2, -0.15) is 0 Å². The molecule has 0 aliphatic heterocycles. The van der Waals surface area contributed by atoms with Crippen LogP contribution in [0.25, 0.3) is 0 Å². The van der Waals surface area contributed by atoms with Gasteiger partial charge < -0.3 is 4.90 Å². The molecule has 0 atom stereocenters. The van der Waals surface area contributed by atoms with E-state index in [0.29, 0.717) is 0 Å². The van der Waals surface area contributed by atoms with Crippen LogP contribution in [0.4, 0.5) is 0 Å². The summed E-state index contributed by atoms with van der Waals surface area (Å²) < 4.78 is 0. The summed E-state index contributed by atoms with van der Waals surface area (Å²) in [6, 6.07) is 0. The van der Waals surface area contributed by atoms with Gasteiger partial charge in [-0.15, -0.1) is 0 Å². The predicted octanol–water partition coefficient (Wildman–Crippen LogP) is 5.39. The van der Waals surface area contributed by atoms with Gasteiger partial charge in [0.25, 0.3) is 0 Å². The Labute approximate surface area is 135 Å². The van der Waals surface area contributed by atoms with Gasteiger partial charge in [-0.25, -0.2) is 0 Å². The van der Waals surface area contributed by atoms with Crippen LogP contribution < -0.4 is 4.90 Å². The molecule has 0 aliphatic carbocycles. The average Bonchev–Trinajstić information content (AvgIpc) is 2.51. The molecule has 0 spiro atoms. The van der Waals surface area contributed by atoms with Crippen molar-refractivity contribution in [2.45, 2.75) is 111 Å². The van der Waals surface area contributed by atoms with Crippen LogP contribution in [0.1, 0.15) is 111 Å². The summed E-state index contributed by atoms with van der Waals surface area (Å²) in [6.45, 7) is 11.2. The van der Waals surface area contributed by atoms with Crippen molar-refractivity contribution < 1.29 is 4.90 Å². The molecule has 0 amide bonds. The number of quaternary nitrogens is 1. The van der Waals surface area contributed by atoms with Crippen molar-refractivity contribution in [1.82, 2.24) is 0 Å². The Morgan fingerprint density at radius 2 is 0.714 bits per heavy atom. The van der Waals surface area contributed by atoms with Gasteiger partial charge in [-0.05, 0) is 25.7 Å². The zero-order valence-corrected chi connectivity index (χ0v) is 15.5. The molecule has 0 saturated heterocycles. The summed E-state index contributed by atoms with van der Waals surface area (Å²) in [4.78, 5) is 1.87. The van der Waals surface area contributed by atoms with Crippen molar-refractivity contribution in [3.8, 4) is 0 Å². The number of rotatable bonds is 17. The van der Waals surface area contributed by atoms with Crippen molar-refractivity contribution >= 4 is 0 Å². The first-order valence-electron chi connectivity index (χ1n) is 10.2. The molecule has 1 nitrogen and oxygen atoms in total. The third-order valence-corrected chi connectivity index (χ3v) is 4.65. The van der Waals surface area contributed by atoms with Crippen LogP contribution in [0, 0.1) is 0 Å². The molecule has 0 aromatic heterocycles.